The lowest BCUT2D eigenvalue weighted by molar-refractivity contribution is 0.183. The lowest BCUT2D eigenvalue weighted by atomic mass is 10.2. The first-order valence-electron chi connectivity index (χ1n) is 4.69. The van der Waals surface area contributed by atoms with E-state index < -0.39 is 0 Å². The topological polar surface area (TPSA) is 30.5 Å². The number of hydrazine groups is 2. The lowest BCUT2D eigenvalue weighted by Gasteiger charge is -2.23. The highest BCUT2D eigenvalue weighted by Gasteiger charge is 2.25. The third kappa shape index (κ3) is 1.68. The summed E-state index contributed by atoms with van der Waals surface area (Å²) in [6.07, 6.45) is 6.47. The van der Waals surface area contributed by atoms with E-state index in [2.05, 4.69) is 46.1 Å². The van der Waals surface area contributed by atoms with Gasteiger partial charge in [0.05, 0.1) is 11.7 Å². The normalized spacial score (nSPS) is 27.4. The lowest BCUT2D eigenvalue weighted by Crippen LogP contribution is -2.37. The van der Waals surface area contributed by atoms with Gasteiger partial charge in [-0.2, -0.15) is 5.53 Å². The summed E-state index contributed by atoms with van der Waals surface area (Å²) < 4.78 is 0. The summed E-state index contributed by atoms with van der Waals surface area (Å²) >= 11 is 0. The maximum atomic E-state index is 3.29. The van der Waals surface area contributed by atoms with Crippen LogP contribution in [0.4, 0.5) is 0 Å². The summed E-state index contributed by atoms with van der Waals surface area (Å²) in [6, 6.07) is 0.479. The molecule has 0 aromatic carbocycles. The van der Waals surface area contributed by atoms with Gasteiger partial charge in [-0.15, -0.1) is 0 Å². The van der Waals surface area contributed by atoms with Crippen molar-refractivity contribution in [2.75, 3.05) is 20.1 Å². The predicted molar refractivity (Wildman–Crippen MR) is 52.3 cm³/mol. The van der Waals surface area contributed by atoms with E-state index in [-0.39, 0.29) is 0 Å². The molecule has 4 nitrogen and oxygen atoms in total. The van der Waals surface area contributed by atoms with Crippen molar-refractivity contribution >= 4 is 0 Å². The number of hydrogen-bond acceptors (Lipinski definition) is 4. The summed E-state index contributed by atoms with van der Waals surface area (Å²) in [5.74, 6) is 0. The average Bonchev–Trinajstić information content (AvgIpc) is 2.44. The highest BCUT2D eigenvalue weighted by Crippen LogP contribution is 2.14. The van der Waals surface area contributed by atoms with Crippen molar-refractivity contribution in [1.82, 2.24) is 20.9 Å². The van der Waals surface area contributed by atoms with E-state index in [4.69, 9.17) is 0 Å². The minimum atomic E-state index is 0.479. The molecule has 2 N–H and O–H groups in total. The second-order valence-electron chi connectivity index (χ2n) is 3.43. The number of nitrogens with one attached hydrogen (secondary N) is 2. The highest BCUT2D eigenvalue weighted by molar-refractivity contribution is 5.23. The smallest absolute Gasteiger partial charge is 0.0788 e. The van der Waals surface area contributed by atoms with Crippen LogP contribution in [-0.2, 0) is 0 Å². The molecule has 2 aliphatic heterocycles. The SMILES string of the molecule is CCNC1=CN2NN(C)CC2C=C1. The molecule has 0 radical (unpaired) electrons. The van der Waals surface area contributed by atoms with Gasteiger partial charge in [-0.25, -0.2) is 5.01 Å². The van der Waals surface area contributed by atoms with E-state index in [0.29, 0.717) is 6.04 Å². The molecule has 2 heterocycles. The highest BCUT2D eigenvalue weighted by atomic mass is 15.8. The van der Waals surface area contributed by atoms with Gasteiger partial charge in [0.1, 0.15) is 0 Å². The molecule has 0 amide bonds. The van der Waals surface area contributed by atoms with Gasteiger partial charge in [0.15, 0.2) is 0 Å². The maximum absolute atomic E-state index is 3.29. The van der Waals surface area contributed by atoms with E-state index >= 15 is 0 Å². The monoisotopic (exact) mass is 180 g/mol. The van der Waals surface area contributed by atoms with Crippen LogP contribution in [0.2, 0.25) is 0 Å². The van der Waals surface area contributed by atoms with Gasteiger partial charge in [-0.05, 0) is 13.0 Å². The molecule has 1 fully saturated rings. The Kier molecular flexibility index (Phi) is 2.24. The van der Waals surface area contributed by atoms with E-state index in [1.807, 2.05) is 7.05 Å². The summed E-state index contributed by atoms with van der Waals surface area (Å²) in [5.41, 5.74) is 4.41. The minimum Gasteiger partial charge on any atom is -0.384 e. The molecule has 1 unspecified atom stereocenters. The molecular weight excluding hydrogens is 164 g/mol. The van der Waals surface area contributed by atoms with Crippen LogP contribution in [0.1, 0.15) is 6.92 Å². The van der Waals surface area contributed by atoms with Crippen molar-refractivity contribution in [3.8, 4) is 0 Å². The molecule has 72 valence electrons. The van der Waals surface area contributed by atoms with Crippen molar-refractivity contribution in [1.29, 1.82) is 0 Å². The van der Waals surface area contributed by atoms with Gasteiger partial charge in [0, 0.05) is 26.3 Å². The molecule has 0 aliphatic carbocycles. The number of rotatable bonds is 2. The van der Waals surface area contributed by atoms with E-state index in [1.165, 1.54) is 5.70 Å². The number of allylic oxidation sites excluding steroid dienone is 1. The molecule has 2 aliphatic rings. The van der Waals surface area contributed by atoms with Crippen LogP contribution < -0.4 is 10.9 Å². The summed E-state index contributed by atoms with van der Waals surface area (Å²) in [5, 5.41) is 7.49. The fraction of sp³-hybridized carbons (Fsp3) is 0.556. The molecule has 0 aromatic heterocycles. The Morgan fingerprint density at radius 2 is 2.54 bits per heavy atom. The third-order valence-corrected chi connectivity index (χ3v) is 2.26. The Morgan fingerprint density at radius 3 is 3.31 bits per heavy atom. The first-order valence-corrected chi connectivity index (χ1v) is 4.69. The minimum absolute atomic E-state index is 0.479. The number of nitrogens with zero attached hydrogens (tertiary/aromatic N) is 2. The molecule has 0 saturated carbocycles. The summed E-state index contributed by atoms with van der Waals surface area (Å²) in [4.78, 5) is 0. The van der Waals surface area contributed by atoms with E-state index in [0.717, 1.165) is 13.1 Å². The third-order valence-electron chi connectivity index (χ3n) is 2.26. The van der Waals surface area contributed by atoms with Crippen molar-refractivity contribution in [3.63, 3.8) is 0 Å². The Bertz CT molecular complexity index is 246. The Morgan fingerprint density at radius 1 is 1.69 bits per heavy atom. The number of likely N-dealkylation sites (N-methyl/N-ethyl adjacent to an activating group) is 2. The second kappa shape index (κ2) is 3.40. The van der Waals surface area contributed by atoms with Crippen LogP contribution in [0.25, 0.3) is 0 Å². The molecule has 1 saturated heterocycles. The van der Waals surface area contributed by atoms with Crippen molar-refractivity contribution in [3.05, 3.63) is 24.0 Å². The van der Waals surface area contributed by atoms with E-state index in [9.17, 15) is 0 Å². The Labute approximate surface area is 78.8 Å². The molecule has 0 spiro atoms. The zero-order chi connectivity index (χ0) is 9.26. The molecule has 4 heteroatoms. The largest absolute Gasteiger partial charge is 0.384 e. The van der Waals surface area contributed by atoms with Gasteiger partial charge in [-0.1, -0.05) is 6.08 Å². The van der Waals surface area contributed by atoms with Crippen molar-refractivity contribution in [2.45, 2.75) is 13.0 Å². The van der Waals surface area contributed by atoms with Crippen molar-refractivity contribution < 1.29 is 0 Å². The molecule has 1 atom stereocenters. The van der Waals surface area contributed by atoms with Gasteiger partial charge in [0.25, 0.3) is 0 Å². The van der Waals surface area contributed by atoms with E-state index in [1.54, 1.807) is 0 Å². The maximum Gasteiger partial charge on any atom is 0.0788 e. The average molecular weight is 180 g/mol. The van der Waals surface area contributed by atoms with Crippen molar-refractivity contribution in [2.24, 2.45) is 0 Å². The van der Waals surface area contributed by atoms with Crippen LogP contribution >= 0.6 is 0 Å². The standard InChI is InChI=1S/C9H16N4/c1-3-10-8-4-5-9-7-12(2)11-13(9)6-8/h4-6,9-11H,3,7H2,1-2H3. The fourth-order valence-electron chi connectivity index (χ4n) is 1.68. The molecule has 0 bridgehead atoms. The van der Waals surface area contributed by atoms with Gasteiger partial charge >= 0.3 is 0 Å². The molecule has 13 heavy (non-hydrogen) atoms. The molecule has 0 aromatic rings. The number of fused-ring (bicyclic) bond motifs is 1. The summed E-state index contributed by atoms with van der Waals surface area (Å²) in [6.45, 7) is 4.10. The van der Waals surface area contributed by atoms with Crippen LogP contribution in [0.5, 0.6) is 0 Å². The summed E-state index contributed by atoms with van der Waals surface area (Å²) in [7, 11) is 2.05. The quantitative estimate of drug-likeness (QED) is 0.628. The zero-order valence-electron chi connectivity index (χ0n) is 8.12. The van der Waals surface area contributed by atoms with Crippen LogP contribution in [-0.4, -0.2) is 36.2 Å². The van der Waals surface area contributed by atoms with Crippen LogP contribution in [0.3, 0.4) is 0 Å². The van der Waals surface area contributed by atoms with Crippen LogP contribution in [0.15, 0.2) is 24.0 Å². The van der Waals surface area contributed by atoms with Gasteiger partial charge in [0.2, 0.25) is 0 Å². The van der Waals surface area contributed by atoms with Gasteiger partial charge < -0.3 is 5.32 Å². The predicted octanol–water partition coefficient (Wildman–Crippen LogP) is 0.0427. The fourth-order valence-corrected chi connectivity index (χ4v) is 1.68. The van der Waals surface area contributed by atoms with Crippen LogP contribution in [0, 0.1) is 0 Å². The second-order valence-corrected chi connectivity index (χ2v) is 3.43. The van der Waals surface area contributed by atoms with Gasteiger partial charge in [-0.3, -0.25) is 5.01 Å². The molecule has 2 rings (SSSR count). The number of hydrogen-bond donors (Lipinski definition) is 2. The zero-order valence-corrected chi connectivity index (χ0v) is 8.12. The Hall–Kier alpha value is -1.00. The molecular formula is C9H16N4. The first-order chi connectivity index (χ1) is 6.29. The Balaban J connectivity index is 2.05. The first kappa shape index (κ1) is 8.59.